The van der Waals surface area contributed by atoms with Crippen LogP contribution in [0.15, 0.2) is 66.7 Å². The summed E-state index contributed by atoms with van der Waals surface area (Å²) in [5.74, 6) is 0.988. The zero-order valence-electron chi connectivity index (χ0n) is 11.0. The third-order valence-corrected chi connectivity index (χ3v) is 3.30. The zero-order chi connectivity index (χ0) is 13.1. The molecule has 94 valence electrons. The average Bonchev–Trinajstić information content (AvgIpc) is 2.47. The lowest BCUT2D eigenvalue weighted by Gasteiger charge is -2.12. The van der Waals surface area contributed by atoms with Crippen molar-refractivity contribution in [2.45, 2.75) is 13.5 Å². The van der Waals surface area contributed by atoms with Gasteiger partial charge in [0.05, 0.1) is 0 Å². The lowest BCUT2D eigenvalue weighted by atomic mass is 10.1. The van der Waals surface area contributed by atoms with Crippen molar-refractivity contribution in [3.05, 3.63) is 77.9 Å². The molecule has 0 saturated carbocycles. The van der Waals surface area contributed by atoms with Gasteiger partial charge in [-0.3, -0.25) is 0 Å². The van der Waals surface area contributed by atoms with E-state index in [1.165, 1.54) is 21.9 Å². The Morgan fingerprint density at radius 2 is 1.53 bits per heavy atom. The molecule has 3 aromatic rings. The summed E-state index contributed by atoms with van der Waals surface area (Å²) in [5.41, 5.74) is 2.37. The standard InChI is InChI=1S/C18H16O/c1-14-11-12-16-9-5-6-10-17(16)18(14)19-13-15-7-3-2-4-8-15/h2-12H,13H2,1H3. The van der Waals surface area contributed by atoms with Gasteiger partial charge in [0.1, 0.15) is 12.4 Å². The molecule has 19 heavy (non-hydrogen) atoms. The zero-order valence-corrected chi connectivity index (χ0v) is 11.0. The van der Waals surface area contributed by atoms with Gasteiger partial charge in [0.2, 0.25) is 0 Å². The maximum Gasteiger partial charge on any atom is 0.130 e. The van der Waals surface area contributed by atoms with E-state index in [1.54, 1.807) is 0 Å². The van der Waals surface area contributed by atoms with Gasteiger partial charge < -0.3 is 4.74 Å². The predicted molar refractivity (Wildman–Crippen MR) is 79.5 cm³/mol. The van der Waals surface area contributed by atoms with Crippen molar-refractivity contribution in [3.63, 3.8) is 0 Å². The van der Waals surface area contributed by atoms with Crippen molar-refractivity contribution in [1.29, 1.82) is 0 Å². The second kappa shape index (κ2) is 5.15. The van der Waals surface area contributed by atoms with Crippen LogP contribution in [0.2, 0.25) is 0 Å². The minimum Gasteiger partial charge on any atom is -0.488 e. The largest absolute Gasteiger partial charge is 0.488 e. The van der Waals surface area contributed by atoms with Crippen LogP contribution in [-0.4, -0.2) is 0 Å². The van der Waals surface area contributed by atoms with Crippen LogP contribution in [0.4, 0.5) is 0 Å². The summed E-state index contributed by atoms with van der Waals surface area (Å²) < 4.78 is 6.04. The van der Waals surface area contributed by atoms with Crippen molar-refractivity contribution < 1.29 is 4.74 Å². The molecule has 0 unspecified atom stereocenters. The van der Waals surface area contributed by atoms with Gasteiger partial charge in [-0.05, 0) is 23.4 Å². The Kier molecular flexibility index (Phi) is 3.20. The van der Waals surface area contributed by atoms with Gasteiger partial charge in [0.15, 0.2) is 0 Å². The number of rotatable bonds is 3. The topological polar surface area (TPSA) is 9.23 Å². The van der Waals surface area contributed by atoms with Gasteiger partial charge in [-0.1, -0.05) is 66.7 Å². The van der Waals surface area contributed by atoms with Crippen LogP contribution in [0, 0.1) is 6.92 Å². The molecule has 0 saturated heterocycles. The molecule has 3 aromatic carbocycles. The number of fused-ring (bicyclic) bond motifs is 1. The Morgan fingerprint density at radius 3 is 2.37 bits per heavy atom. The van der Waals surface area contributed by atoms with E-state index in [9.17, 15) is 0 Å². The lowest BCUT2D eigenvalue weighted by molar-refractivity contribution is 0.308. The number of hydrogen-bond acceptors (Lipinski definition) is 1. The maximum atomic E-state index is 6.04. The molecule has 0 atom stereocenters. The van der Waals surface area contributed by atoms with E-state index in [4.69, 9.17) is 4.74 Å². The molecule has 1 nitrogen and oxygen atoms in total. The number of aryl methyl sites for hydroxylation is 1. The Balaban J connectivity index is 1.94. The average molecular weight is 248 g/mol. The molecule has 0 aliphatic rings. The highest BCUT2D eigenvalue weighted by Gasteiger charge is 2.05. The summed E-state index contributed by atoms with van der Waals surface area (Å²) >= 11 is 0. The molecule has 0 fully saturated rings. The minimum atomic E-state index is 0.607. The molecule has 0 aliphatic carbocycles. The summed E-state index contributed by atoms with van der Waals surface area (Å²) in [6, 6.07) is 22.8. The fraction of sp³-hybridized carbons (Fsp3) is 0.111. The van der Waals surface area contributed by atoms with Gasteiger partial charge in [0, 0.05) is 5.39 Å². The fourth-order valence-electron chi connectivity index (χ4n) is 2.27. The van der Waals surface area contributed by atoms with Crippen LogP contribution in [0.3, 0.4) is 0 Å². The monoisotopic (exact) mass is 248 g/mol. The lowest BCUT2D eigenvalue weighted by Crippen LogP contribution is -1.97. The first-order valence-electron chi connectivity index (χ1n) is 6.50. The van der Waals surface area contributed by atoms with Crippen molar-refractivity contribution in [1.82, 2.24) is 0 Å². The Hall–Kier alpha value is -2.28. The molecule has 0 heterocycles. The van der Waals surface area contributed by atoms with Gasteiger partial charge in [0.25, 0.3) is 0 Å². The number of ether oxygens (including phenoxy) is 1. The SMILES string of the molecule is Cc1ccc2ccccc2c1OCc1ccccc1. The first kappa shape index (κ1) is 11.8. The summed E-state index contributed by atoms with van der Waals surface area (Å²) in [4.78, 5) is 0. The third-order valence-electron chi connectivity index (χ3n) is 3.30. The Morgan fingerprint density at radius 1 is 0.789 bits per heavy atom. The maximum absolute atomic E-state index is 6.04. The quantitative estimate of drug-likeness (QED) is 0.651. The normalized spacial score (nSPS) is 10.6. The molecule has 0 N–H and O–H groups in total. The second-order valence-electron chi connectivity index (χ2n) is 4.71. The smallest absolute Gasteiger partial charge is 0.130 e. The molecular weight excluding hydrogens is 232 g/mol. The highest BCUT2D eigenvalue weighted by atomic mass is 16.5. The second-order valence-corrected chi connectivity index (χ2v) is 4.71. The molecule has 0 spiro atoms. The van der Waals surface area contributed by atoms with Crippen LogP contribution >= 0.6 is 0 Å². The fourth-order valence-corrected chi connectivity index (χ4v) is 2.27. The first-order valence-corrected chi connectivity index (χ1v) is 6.50. The number of benzene rings is 3. The number of hydrogen-bond donors (Lipinski definition) is 0. The van der Waals surface area contributed by atoms with Gasteiger partial charge >= 0.3 is 0 Å². The summed E-state index contributed by atoms with van der Waals surface area (Å²) in [5, 5.41) is 2.40. The van der Waals surface area contributed by atoms with Crippen LogP contribution < -0.4 is 4.74 Å². The van der Waals surface area contributed by atoms with Crippen LogP contribution in [0.25, 0.3) is 10.8 Å². The first-order chi connectivity index (χ1) is 9.34. The Bertz CT molecular complexity index is 686. The van der Waals surface area contributed by atoms with Crippen molar-refractivity contribution in [3.8, 4) is 5.75 Å². The summed E-state index contributed by atoms with van der Waals surface area (Å²) in [6.45, 7) is 2.70. The van der Waals surface area contributed by atoms with Crippen molar-refractivity contribution >= 4 is 10.8 Å². The van der Waals surface area contributed by atoms with Crippen molar-refractivity contribution in [2.75, 3.05) is 0 Å². The molecular formula is C18H16O. The predicted octanol–water partition coefficient (Wildman–Crippen LogP) is 4.73. The van der Waals surface area contributed by atoms with E-state index in [1.807, 2.05) is 18.2 Å². The van der Waals surface area contributed by atoms with E-state index in [-0.39, 0.29) is 0 Å². The van der Waals surface area contributed by atoms with E-state index in [0.717, 1.165) is 5.75 Å². The van der Waals surface area contributed by atoms with Crippen molar-refractivity contribution in [2.24, 2.45) is 0 Å². The van der Waals surface area contributed by atoms with Gasteiger partial charge in [-0.25, -0.2) is 0 Å². The Labute approximate surface area is 113 Å². The van der Waals surface area contributed by atoms with Crippen LogP contribution in [0.1, 0.15) is 11.1 Å². The summed E-state index contributed by atoms with van der Waals surface area (Å²) in [6.07, 6.45) is 0. The molecule has 3 rings (SSSR count). The molecule has 0 radical (unpaired) electrons. The minimum absolute atomic E-state index is 0.607. The van der Waals surface area contributed by atoms with Crippen LogP contribution in [0.5, 0.6) is 5.75 Å². The highest BCUT2D eigenvalue weighted by Crippen LogP contribution is 2.29. The molecule has 0 aromatic heterocycles. The summed E-state index contributed by atoms with van der Waals surface area (Å²) in [7, 11) is 0. The van der Waals surface area contributed by atoms with E-state index < -0.39 is 0 Å². The molecule has 0 bridgehead atoms. The van der Waals surface area contributed by atoms with E-state index in [0.29, 0.717) is 6.61 Å². The molecule has 0 amide bonds. The van der Waals surface area contributed by atoms with E-state index in [2.05, 4.69) is 55.5 Å². The third kappa shape index (κ3) is 2.45. The van der Waals surface area contributed by atoms with Gasteiger partial charge in [-0.2, -0.15) is 0 Å². The molecule has 1 heteroatoms. The van der Waals surface area contributed by atoms with E-state index >= 15 is 0 Å². The van der Waals surface area contributed by atoms with Crippen LogP contribution in [-0.2, 0) is 6.61 Å². The molecule has 0 aliphatic heterocycles. The highest BCUT2D eigenvalue weighted by molar-refractivity contribution is 5.89. The van der Waals surface area contributed by atoms with Gasteiger partial charge in [-0.15, -0.1) is 0 Å².